The summed E-state index contributed by atoms with van der Waals surface area (Å²) in [7, 11) is 3.20. The van der Waals surface area contributed by atoms with Crippen molar-refractivity contribution in [2.24, 2.45) is 0 Å². The number of benzene rings is 1. The van der Waals surface area contributed by atoms with E-state index in [0.29, 0.717) is 16.5 Å². The molecular weight excluding hydrogens is 335 g/mol. The van der Waals surface area contributed by atoms with Gasteiger partial charge >= 0.3 is 0 Å². The van der Waals surface area contributed by atoms with E-state index in [1.165, 1.54) is 0 Å². The number of ether oxygens (including phenoxy) is 2. The second-order valence-electron chi connectivity index (χ2n) is 4.20. The lowest BCUT2D eigenvalue weighted by Crippen LogP contribution is -2.21. The van der Waals surface area contributed by atoms with Crippen LogP contribution >= 0.6 is 36.4 Å². The van der Waals surface area contributed by atoms with Crippen LogP contribution in [-0.2, 0) is 6.54 Å². The molecule has 0 atom stereocenters. The average molecular weight is 360 g/mol. The predicted octanol–water partition coefficient (Wildman–Crippen LogP) is 3.29. The summed E-state index contributed by atoms with van der Waals surface area (Å²) < 4.78 is 10.5. The molecule has 1 aromatic rings. The summed E-state index contributed by atoms with van der Waals surface area (Å²) in [6, 6.07) is 3.85. The SMILES string of the molecule is CCNCCCNCc1cc(Cl)c(OC)c(OC)c1.Cl.Cl. The van der Waals surface area contributed by atoms with Crippen LogP contribution in [0.2, 0.25) is 5.02 Å². The number of hydrogen-bond acceptors (Lipinski definition) is 4. The van der Waals surface area contributed by atoms with Crippen molar-refractivity contribution in [2.45, 2.75) is 19.9 Å². The first-order chi connectivity index (χ1) is 9.22. The van der Waals surface area contributed by atoms with Crippen molar-refractivity contribution in [1.29, 1.82) is 0 Å². The van der Waals surface area contributed by atoms with E-state index in [4.69, 9.17) is 21.1 Å². The Labute approximate surface area is 144 Å². The molecule has 0 amide bonds. The third-order valence-corrected chi connectivity index (χ3v) is 3.06. The van der Waals surface area contributed by atoms with E-state index in [1.54, 1.807) is 14.2 Å². The average Bonchev–Trinajstić information content (AvgIpc) is 2.42. The highest BCUT2D eigenvalue weighted by atomic mass is 35.5. The number of hydrogen-bond donors (Lipinski definition) is 2. The van der Waals surface area contributed by atoms with Gasteiger partial charge < -0.3 is 20.1 Å². The lowest BCUT2D eigenvalue weighted by atomic mass is 10.2. The number of halogens is 3. The molecule has 0 saturated heterocycles. The van der Waals surface area contributed by atoms with Gasteiger partial charge in [0.15, 0.2) is 11.5 Å². The van der Waals surface area contributed by atoms with Gasteiger partial charge in [-0.25, -0.2) is 0 Å². The van der Waals surface area contributed by atoms with Crippen molar-refractivity contribution in [2.75, 3.05) is 33.9 Å². The van der Waals surface area contributed by atoms with Crippen LogP contribution in [-0.4, -0.2) is 33.9 Å². The first kappa shape index (κ1) is 22.9. The van der Waals surface area contributed by atoms with Crippen molar-refractivity contribution < 1.29 is 9.47 Å². The summed E-state index contributed by atoms with van der Waals surface area (Å²) in [6.45, 7) is 5.91. The van der Waals surface area contributed by atoms with Crippen LogP contribution in [0.3, 0.4) is 0 Å². The molecule has 4 nitrogen and oxygen atoms in total. The minimum Gasteiger partial charge on any atom is -0.493 e. The molecule has 0 fully saturated rings. The summed E-state index contributed by atoms with van der Waals surface area (Å²) in [5, 5.41) is 7.25. The summed E-state index contributed by atoms with van der Waals surface area (Å²) in [6.07, 6.45) is 1.11. The molecule has 0 radical (unpaired) electrons. The second-order valence-corrected chi connectivity index (χ2v) is 4.60. The molecule has 1 rings (SSSR count). The van der Waals surface area contributed by atoms with Gasteiger partial charge in [-0.3, -0.25) is 0 Å². The van der Waals surface area contributed by atoms with Gasteiger partial charge in [0.05, 0.1) is 19.2 Å². The molecule has 21 heavy (non-hydrogen) atoms. The van der Waals surface area contributed by atoms with E-state index in [0.717, 1.165) is 38.2 Å². The third-order valence-electron chi connectivity index (χ3n) is 2.78. The highest BCUT2D eigenvalue weighted by molar-refractivity contribution is 6.32. The number of methoxy groups -OCH3 is 2. The maximum atomic E-state index is 6.15. The fourth-order valence-corrected chi connectivity index (χ4v) is 2.13. The smallest absolute Gasteiger partial charge is 0.179 e. The van der Waals surface area contributed by atoms with Crippen molar-refractivity contribution in [1.82, 2.24) is 10.6 Å². The lowest BCUT2D eigenvalue weighted by Gasteiger charge is -2.12. The van der Waals surface area contributed by atoms with Gasteiger partial charge in [0, 0.05) is 6.54 Å². The van der Waals surface area contributed by atoms with Gasteiger partial charge in [0.1, 0.15) is 0 Å². The number of rotatable bonds is 9. The van der Waals surface area contributed by atoms with Crippen LogP contribution in [0, 0.1) is 0 Å². The maximum Gasteiger partial charge on any atom is 0.179 e. The zero-order valence-electron chi connectivity index (χ0n) is 12.7. The molecule has 0 aliphatic carbocycles. The van der Waals surface area contributed by atoms with Gasteiger partial charge in [0.2, 0.25) is 0 Å². The molecule has 0 aliphatic rings. The third kappa shape index (κ3) is 7.98. The molecule has 0 saturated carbocycles. The van der Waals surface area contributed by atoms with Gasteiger partial charge in [0.25, 0.3) is 0 Å². The molecule has 1 aromatic carbocycles. The van der Waals surface area contributed by atoms with E-state index in [2.05, 4.69) is 17.6 Å². The highest BCUT2D eigenvalue weighted by Crippen LogP contribution is 2.35. The van der Waals surface area contributed by atoms with Crippen LogP contribution < -0.4 is 20.1 Å². The summed E-state index contributed by atoms with van der Waals surface area (Å²) >= 11 is 6.15. The van der Waals surface area contributed by atoms with Crippen LogP contribution in [0.4, 0.5) is 0 Å². The summed E-state index contributed by atoms with van der Waals surface area (Å²) in [4.78, 5) is 0. The van der Waals surface area contributed by atoms with Crippen LogP contribution in [0.5, 0.6) is 11.5 Å². The van der Waals surface area contributed by atoms with Crippen molar-refractivity contribution in [3.63, 3.8) is 0 Å². The molecule has 0 bridgehead atoms. The van der Waals surface area contributed by atoms with Crippen molar-refractivity contribution in [3.05, 3.63) is 22.7 Å². The Kier molecular flexibility index (Phi) is 14.5. The predicted molar refractivity (Wildman–Crippen MR) is 93.9 cm³/mol. The van der Waals surface area contributed by atoms with Gasteiger partial charge in [-0.15, -0.1) is 24.8 Å². The first-order valence-electron chi connectivity index (χ1n) is 6.54. The van der Waals surface area contributed by atoms with Gasteiger partial charge in [-0.05, 0) is 43.8 Å². The molecule has 0 aromatic heterocycles. The monoisotopic (exact) mass is 358 g/mol. The molecule has 0 heterocycles. The van der Waals surface area contributed by atoms with Crippen LogP contribution in [0.1, 0.15) is 18.9 Å². The molecular formula is C14H25Cl3N2O2. The van der Waals surface area contributed by atoms with E-state index in [-0.39, 0.29) is 24.8 Å². The Balaban J connectivity index is 0. The van der Waals surface area contributed by atoms with Crippen molar-refractivity contribution >= 4 is 36.4 Å². The second kappa shape index (κ2) is 13.3. The summed E-state index contributed by atoms with van der Waals surface area (Å²) in [5.74, 6) is 1.25. The van der Waals surface area contributed by atoms with E-state index < -0.39 is 0 Å². The normalized spacial score (nSPS) is 9.52. The Bertz CT molecular complexity index is 393. The molecule has 2 N–H and O–H groups in total. The standard InChI is InChI=1S/C14H23ClN2O2.2ClH/c1-4-16-6-5-7-17-10-11-8-12(15)14(19-3)13(9-11)18-2;;/h8-9,16-17H,4-7,10H2,1-3H3;2*1H. The Hall–Kier alpha value is -0.390. The zero-order valence-corrected chi connectivity index (χ0v) is 15.1. The van der Waals surface area contributed by atoms with E-state index in [1.807, 2.05) is 12.1 Å². The Morgan fingerprint density at radius 1 is 1.05 bits per heavy atom. The topological polar surface area (TPSA) is 42.5 Å². The summed E-state index contributed by atoms with van der Waals surface area (Å²) in [5.41, 5.74) is 1.09. The molecule has 0 aliphatic heterocycles. The zero-order chi connectivity index (χ0) is 14.1. The Morgan fingerprint density at radius 3 is 2.29 bits per heavy atom. The highest BCUT2D eigenvalue weighted by Gasteiger charge is 2.10. The minimum absolute atomic E-state index is 0. The minimum atomic E-state index is 0. The quantitative estimate of drug-likeness (QED) is 0.664. The number of nitrogens with one attached hydrogen (secondary N) is 2. The van der Waals surface area contributed by atoms with E-state index in [9.17, 15) is 0 Å². The molecule has 0 spiro atoms. The fraction of sp³-hybridized carbons (Fsp3) is 0.571. The maximum absolute atomic E-state index is 6.15. The van der Waals surface area contributed by atoms with Crippen LogP contribution in [0.25, 0.3) is 0 Å². The first-order valence-corrected chi connectivity index (χ1v) is 6.92. The lowest BCUT2D eigenvalue weighted by molar-refractivity contribution is 0.354. The van der Waals surface area contributed by atoms with Gasteiger partial charge in [-0.1, -0.05) is 18.5 Å². The van der Waals surface area contributed by atoms with E-state index >= 15 is 0 Å². The van der Waals surface area contributed by atoms with Crippen molar-refractivity contribution in [3.8, 4) is 11.5 Å². The molecule has 7 heteroatoms. The Morgan fingerprint density at radius 2 is 1.71 bits per heavy atom. The molecule has 0 unspecified atom stereocenters. The van der Waals surface area contributed by atoms with Crippen LogP contribution in [0.15, 0.2) is 12.1 Å². The van der Waals surface area contributed by atoms with Gasteiger partial charge in [-0.2, -0.15) is 0 Å². The fourth-order valence-electron chi connectivity index (χ4n) is 1.82. The molecule has 124 valence electrons. The largest absolute Gasteiger partial charge is 0.493 e.